The molecular formula is C38H56SiZr. The van der Waals surface area contributed by atoms with Crippen molar-refractivity contribution in [1.82, 2.24) is 0 Å². The van der Waals surface area contributed by atoms with Crippen molar-refractivity contribution < 1.29 is 23.3 Å². The number of hydrogen-bond donors (Lipinski definition) is 0. The summed E-state index contributed by atoms with van der Waals surface area (Å²) in [5.41, 5.74) is 10.00. The molecule has 0 spiro atoms. The molecule has 4 rings (SSSR count). The van der Waals surface area contributed by atoms with Gasteiger partial charge in [0.1, 0.15) is 0 Å². The SMILES string of the molecule is CC(C)[Si](C)=[Zr+2].CCc1cc2c(C(C)C)cc(C(C)C)cc2[cH-]1.CCc1cc2c(C(C)C)cc(C(C)C)cc2[cH-]1. The molecule has 4 aromatic carbocycles. The summed E-state index contributed by atoms with van der Waals surface area (Å²) in [6, 6.07) is 19.0. The van der Waals surface area contributed by atoms with Gasteiger partial charge in [-0.05, 0) is 36.5 Å². The predicted octanol–water partition coefficient (Wildman–Crippen LogP) is 12.3. The average Bonchev–Trinajstić information content (AvgIpc) is 3.51. The van der Waals surface area contributed by atoms with Crippen LogP contribution in [0.2, 0.25) is 12.1 Å². The standard InChI is InChI=1S/2C17H23.C4H10Si.Zr/c2*1-6-13-7-15-9-14(11(2)3)10-16(12(4)5)17(15)8-13;1-4(2)5-3;/h2*7-12H,6H2,1-5H3;4H,1-3H3;/q2*-1;;+2. The molecule has 0 aromatic heterocycles. The van der Waals surface area contributed by atoms with Gasteiger partial charge >= 0.3 is 54.7 Å². The van der Waals surface area contributed by atoms with E-state index in [-0.39, 0.29) is 5.43 Å². The second-order valence-electron chi connectivity index (χ2n) is 13.1. The summed E-state index contributed by atoms with van der Waals surface area (Å²) in [5.74, 6) is 2.42. The van der Waals surface area contributed by atoms with Crippen molar-refractivity contribution in [3.05, 3.63) is 81.9 Å². The predicted molar refractivity (Wildman–Crippen MR) is 181 cm³/mol. The first-order chi connectivity index (χ1) is 18.7. The Morgan fingerprint density at radius 2 is 0.900 bits per heavy atom. The van der Waals surface area contributed by atoms with Gasteiger partial charge in [-0.3, -0.25) is 0 Å². The van der Waals surface area contributed by atoms with Crippen LogP contribution < -0.4 is 0 Å². The van der Waals surface area contributed by atoms with Crippen LogP contribution in [0.4, 0.5) is 0 Å². The Morgan fingerprint density at radius 3 is 1.12 bits per heavy atom. The minimum Gasteiger partial charge on any atom is -0.165 e. The van der Waals surface area contributed by atoms with Gasteiger partial charge in [-0.2, -0.15) is 12.1 Å². The molecule has 0 heterocycles. The summed E-state index contributed by atoms with van der Waals surface area (Å²) >= 11 is 1.77. The smallest absolute Gasteiger partial charge is 0.0306 e. The van der Waals surface area contributed by atoms with Crippen LogP contribution in [0.3, 0.4) is 0 Å². The monoisotopic (exact) mass is 630 g/mol. The fourth-order valence-corrected chi connectivity index (χ4v) is 4.90. The van der Waals surface area contributed by atoms with Gasteiger partial charge in [0.15, 0.2) is 0 Å². The molecule has 0 aliphatic carbocycles. The van der Waals surface area contributed by atoms with Crippen LogP contribution in [-0.4, -0.2) is 5.43 Å². The summed E-state index contributed by atoms with van der Waals surface area (Å²) in [6.07, 6.45) is 2.26. The zero-order chi connectivity index (χ0) is 30.3. The van der Waals surface area contributed by atoms with Gasteiger partial charge in [0.05, 0.1) is 0 Å². The van der Waals surface area contributed by atoms with E-state index in [0.717, 1.165) is 18.4 Å². The normalized spacial score (nSPS) is 11.6. The molecular weight excluding hydrogens is 576 g/mol. The van der Waals surface area contributed by atoms with E-state index < -0.39 is 0 Å². The molecule has 2 heteroatoms. The Bertz CT molecular complexity index is 1280. The fourth-order valence-electron chi connectivity index (χ4n) is 4.90. The van der Waals surface area contributed by atoms with Crippen LogP contribution in [-0.2, 0) is 36.2 Å². The molecule has 0 aliphatic rings. The third-order valence-electron chi connectivity index (χ3n) is 8.13. The summed E-state index contributed by atoms with van der Waals surface area (Å²) in [4.78, 5) is 0. The third-order valence-corrected chi connectivity index (χ3v) is 14.1. The van der Waals surface area contributed by atoms with E-state index in [1.807, 2.05) is 0 Å². The molecule has 0 bridgehead atoms. The van der Waals surface area contributed by atoms with Gasteiger partial charge in [-0.25, -0.2) is 0 Å². The minimum atomic E-state index is 0.138. The van der Waals surface area contributed by atoms with E-state index in [2.05, 4.69) is 138 Å². The number of hydrogen-bond acceptors (Lipinski definition) is 0. The number of benzene rings is 2. The van der Waals surface area contributed by atoms with E-state index in [0.29, 0.717) is 23.7 Å². The fraction of sp³-hybridized carbons (Fsp3) is 0.526. The third kappa shape index (κ3) is 9.39. The van der Waals surface area contributed by atoms with Crippen LogP contribution in [0.15, 0.2) is 48.5 Å². The first-order valence-electron chi connectivity index (χ1n) is 15.7. The Kier molecular flexibility index (Phi) is 13.8. The first kappa shape index (κ1) is 35.0. The molecule has 0 saturated carbocycles. The van der Waals surface area contributed by atoms with E-state index in [4.69, 9.17) is 0 Å². The minimum absolute atomic E-state index is 0.138. The summed E-state index contributed by atoms with van der Waals surface area (Å²) < 4.78 is 0. The van der Waals surface area contributed by atoms with Crippen molar-refractivity contribution in [3.8, 4) is 0 Å². The van der Waals surface area contributed by atoms with Gasteiger partial charge in [0.2, 0.25) is 0 Å². The van der Waals surface area contributed by atoms with E-state index in [1.165, 1.54) is 54.9 Å². The van der Waals surface area contributed by atoms with E-state index >= 15 is 0 Å². The van der Waals surface area contributed by atoms with Gasteiger partial charge in [-0.1, -0.05) is 104 Å². The van der Waals surface area contributed by atoms with Gasteiger partial charge in [0.25, 0.3) is 0 Å². The quantitative estimate of drug-likeness (QED) is 0.141. The molecule has 0 nitrogen and oxygen atoms in total. The summed E-state index contributed by atoms with van der Waals surface area (Å²) in [5, 5.41) is 5.77. The maximum Gasteiger partial charge on any atom is -0.0306 e. The zero-order valence-corrected chi connectivity index (χ0v) is 31.4. The number of fused-ring (bicyclic) bond motifs is 2. The van der Waals surface area contributed by atoms with Crippen molar-refractivity contribution >= 4 is 27.0 Å². The molecule has 0 atom stereocenters. The van der Waals surface area contributed by atoms with Crippen molar-refractivity contribution in [1.29, 1.82) is 0 Å². The van der Waals surface area contributed by atoms with E-state index in [1.54, 1.807) is 23.3 Å². The van der Waals surface area contributed by atoms with Crippen LogP contribution in [0.5, 0.6) is 0 Å². The molecule has 0 radical (unpaired) electrons. The van der Waals surface area contributed by atoms with Crippen LogP contribution in [0.1, 0.15) is 140 Å². The number of rotatable bonds is 7. The second kappa shape index (κ2) is 15.8. The maximum absolute atomic E-state index is 2.40. The number of aryl methyl sites for hydroxylation is 2. The topological polar surface area (TPSA) is 0 Å². The molecule has 0 aliphatic heterocycles. The van der Waals surface area contributed by atoms with Crippen molar-refractivity contribution in [3.63, 3.8) is 0 Å². The average molecular weight is 632 g/mol. The van der Waals surface area contributed by atoms with Gasteiger partial charge < -0.3 is 0 Å². The maximum atomic E-state index is 2.40. The van der Waals surface area contributed by atoms with Crippen LogP contribution >= 0.6 is 0 Å². The Labute approximate surface area is 262 Å². The van der Waals surface area contributed by atoms with Crippen molar-refractivity contribution in [2.75, 3.05) is 0 Å². The van der Waals surface area contributed by atoms with Crippen LogP contribution in [0.25, 0.3) is 21.5 Å². The molecule has 0 saturated heterocycles. The van der Waals surface area contributed by atoms with E-state index in [9.17, 15) is 0 Å². The summed E-state index contributed by atoms with van der Waals surface area (Å²) in [6.45, 7) is 29.7. The summed E-state index contributed by atoms with van der Waals surface area (Å²) in [7, 11) is 0. The van der Waals surface area contributed by atoms with Gasteiger partial charge in [0, 0.05) is 0 Å². The second-order valence-corrected chi connectivity index (χ2v) is 21.5. The molecule has 0 unspecified atom stereocenters. The van der Waals surface area contributed by atoms with Crippen molar-refractivity contribution in [2.24, 2.45) is 0 Å². The first-order valence-corrected chi connectivity index (χ1v) is 21.5. The molecule has 40 heavy (non-hydrogen) atoms. The molecule has 0 amide bonds. The van der Waals surface area contributed by atoms with Crippen LogP contribution in [0, 0.1) is 0 Å². The largest absolute Gasteiger partial charge is 0.165 e. The Hall–Kier alpha value is -1.24. The Balaban J connectivity index is 0.000000234. The molecule has 216 valence electrons. The molecule has 0 fully saturated rings. The Morgan fingerprint density at radius 1 is 0.575 bits per heavy atom. The molecule has 4 aromatic rings. The van der Waals surface area contributed by atoms with Gasteiger partial charge in [-0.15, -0.1) is 56.9 Å². The molecule has 0 N–H and O–H groups in total. The zero-order valence-electron chi connectivity index (χ0n) is 27.9. The van der Waals surface area contributed by atoms with Crippen molar-refractivity contribution in [2.45, 2.75) is 132 Å².